The van der Waals surface area contributed by atoms with E-state index in [9.17, 15) is 0 Å². The first-order valence-electron chi connectivity index (χ1n) is 4.69. The van der Waals surface area contributed by atoms with Gasteiger partial charge >= 0.3 is 0 Å². The molecule has 0 aliphatic rings. The van der Waals surface area contributed by atoms with E-state index < -0.39 is 0 Å². The van der Waals surface area contributed by atoms with Crippen LogP contribution in [-0.2, 0) is 11.3 Å². The summed E-state index contributed by atoms with van der Waals surface area (Å²) >= 11 is 11.9. The van der Waals surface area contributed by atoms with Gasteiger partial charge in [0.15, 0.2) is 5.82 Å². The van der Waals surface area contributed by atoms with Gasteiger partial charge in [0.1, 0.15) is 6.61 Å². The van der Waals surface area contributed by atoms with Crippen molar-refractivity contribution in [1.82, 2.24) is 10.1 Å². The summed E-state index contributed by atoms with van der Waals surface area (Å²) in [5.41, 5.74) is 6.57. The maximum atomic E-state index is 6.02. The van der Waals surface area contributed by atoms with Gasteiger partial charge in [0.2, 0.25) is 0 Å². The lowest BCUT2D eigenvalue weighted by Crippen LogP contribution is -1.93. The van der Waals surface area contributed by atoms with Gasteiger partial charge in [-0.25, -0.2) is 0 Å². The lowest BCUT2D eigenvalue weighted by Gasteiger charge is -2.04. The number of nitrogens with zero attached hydrogens (tertiary/aromatic N) is 2. The molecule has 17 heavy (non-hydrogen) atoms. The van der Waals surface area contributed by atoms with Gasteiger partial charge in [0, 0.05) is 7.11 Å². The molecule has 1 aromatic carbocycles. The van der Waals surface area contributed by atoms with Crippen molar-refractivity contribution in [1.29, 1.82) is 0 Å². The van der Waals surface area contributed by atoms with Crippen molar-refractivity contribution in [3.05, 3.63) is 28.0 Å². The first-order chi connectivity index (χ1) is 8.13. The van der Waals surface area contributed by atoms with E-state index in [0.29, 0.717) is 27.1 Å². The molecule has 5 nitrogen and oxygen atoms in total. The summed E-state index contributed by atoms with van der Waals surface area (Å²) in [5.74, 6) is 0.639. The number of aromatic nitrogens is 2. The molecule has 0 unspecified atom stereocenters. The molecular formula is C10H9Cl2N3O2. The molecule has 0 saturated heterocycles. The Morgan fingerprint density at radius 3 is 2.76 bits per heavy atom. The Hall–Kier alpha value is -1.30. The number of nitrogen functional groups attached to an aromatic ring is 1. The highest BCUT2D eigenvalue weighted by atomic mass is 35.5. The number of anilines is 1. The largest absolute Gasteiger partial charge is 0.397 e. The average Bonchev–Trinajstić information content (AvgIpc) is 2.73. The highest BCUT2D eigenvalue weighted by Gasteiger charge is 2.17. The number of halogens is 2. The second-order valence-electron chi connectivity index (χ2n) is 3.27. The molecule has 90 valence electrons. The van der Waals surface area contributed by atoms with E-state index in [4.69, 9.17) is 38.2 Å². The minimum absolute atomic E-state index is 0.224. The summed E-state index contributed by atoms with van der Waals surface area (Å²) in [6, 6.07) is 3.23. The normalized spacial score (nSPS) is 10.8. The standard InChI is InChI=1S/C10H9Cl2N3O2/c1-16-4-7-14-10(17-15-7)8-5(11)2-3-6(12)9(8)13/h2-3H,4,13H2,1H3. The molecule has 0 radical (unpaired) electrons. The highest BCUT2D eigenvalue weighted by Crippen LogP contribution is 2.36. The van der Waals surface area contributed by atoms with Gasteiger partial charge in [0.25, 0.3) is 5.89 Å². The second kappa shape index (κ2) is 4.91. The maximum Gasteiger partial charge on any atom is 0.261 e. The molecule has 0 saturated carbocycles. The van der Waals surface area contributed by atoms with Crippen LogP contribution in [0.3, 0.4) is 0 Å². The van der Waals surface area contributed by atoms with Crippen LogP contribution in [0.4, 0.5) is 5.69 Å². The van der Waals surface area contributed by atoms with Crippen molar-refractivity contribution in [3.8, 4) is 11.5 Å². The van der Waals surface area contributed by atoms with E-state index in [2.05, 4.69) is 10.1 Å². The summed E-state index contributed by atoms with van der Waals surface area (Å²) in [6.07, 6.45) is 0. The van der Waals surface area contributed by atoms with Crippen LogP contribution >= 0.6 is 23.2 Å². The summed E-state index contributed by atoms with van der Waals surface area (Å²) in [7, 11) is 1.54. The Labute approximate surface area is 107 Å². The van der Waals surface area contributed by atoms with E-state index >= 15 is 0 Å². The van der Waals surface area contributed by atoms with Gasteiger partial charge in [0.05, 0.1) is 21.3 Å². The van der Waals surface area contributed by atoms with Crippen LogP contribution in [0.5, 0.6) is 0 Å². The zero-order valence-corrected chi connectivity index (χ0v) is 10.4. The molecule has 7 heteroatoms. The molecular weight excluding hydrogens is 265 g/mol. The van der Waals surface area contributed by atoms with Gasteiger partial charge in [-0.1, -0.05) is 28.4 Å². The quantitative estimate of drug-likeness (QED) is 0.871. The predicted octanol–water partition coefficient (Wildman–Crippen LogP) is 2.77. The Bertz CT molecular complexity index is 542. The number of rotatable bonds is 3. The van der Waals surface area contributed by atoms with Crippen LogP contribution in [0.1, 0.15) is 5.82 Å². The molecule has 2 rings (SSSR count). The van der Waals surface area contributed by atoms with Crippen molar-refractivity contribution in [3.63, 3.8) is 0 Å². The average molecular weight is 274 g/mol. The number of hydrogen-bond donors (Lipinski definition) is 1. The topological polar surface area (TPSA) is 74.2 Å². The van der Waals surface area contributed by atoms with E-state index in [1.54, 1.807) is 12.1 Å². The molecule has 1 aromatic heterocycles. The molecule has 0 spiro atoms. The molecule has 0 amide bonds. The first-order valence-corrected chi connectivity index (χ1v) is 5.44. The van der Waals surface area contributed by atoms with Gasteiger partial charge in [-0.15, -0.1) is 0 Å². The highest BCUT2D eigenvalue weighted by molar-refractivity contribution is 6.37. The third-order valence-corrected chi connectivity index (χ3v) is 2.74. The number of methoxy groups -OCH3 is 1. The van der Waals surface area contributed by atoms with Gasteiger partial charge in [-0.3, -0.25) is 0 Å². The van der Waals surface area contributed by atoms with Crippen LogP contribution in [0.15, 0.2) is 16.7 Å². The molecule has 0 aliphatic heterocycles. The second-order valence-corrected chi connectivity index (χ2v) is 4.08. The first kappa shape index (κ1) is 12.2. The number of nitrogens with two attached hydrogens (primary N) is 1. The monoisotopic (exact) mass is 273 g/mol. The fourth-order valence-corrected chi connectivity index (χ4v) is 1.73. The van der Waals surface area contributed by atoms with E-state index in [1.165, 1.54) is 7.11 Å². The maximum absolute atomic E-state index is 6.02. The number of hydrogen-bond acceptors (Lipinski definition) is 5. The number of benzene rings is 1. The Balaban J connectivity index is 2.48. The summed E-state index contributed by atoms with van der Waals surface area (Å²) in [5, 5.41) is 4.51. The Morgan fingerprint density at radius 1 is 1.35 bits per heavy atom. The van der Waals surface area contributed by atoms with Gasteiger partial charge in [-0.2, -0.15) is 4.98 Å². The predicted molar refractivity (Wildman–Crippen MR) is 64.9 cm³/mol. The third kappa shape index (κ3) is 2.36. The van der Waals surface area contributed by atoms with Crippen molar-refractivity contribution >= 4 is 28.9 Å². The van der Waals surface area contributed by atoms with Crippen LogP contribution < -0.4 is 5.73 Å². The molecule has 0 fully saturated rings. The van der Waals surface area contributed by atoms with Crippen LogP contribution in [-0.4, -0.2) is 17.3 Å². The summed E-state index contributed by atoms with van der Waals surface area (Å²) in [6.45, 7) is 0.252. The van der Waals surface area contributed by atoms with Crippen molar-refractivity contribution in [2.24, 2.45) is 0 Å². The summed E-state index contributed by atoms with van der Waals surface area (Å²) in [4.78, 5) is 4.11. The zero-order valence-electron chi connectivity index (χ0n) is 8.91. The van der Waals surface area contributed by atoms with Crippen molar-refractivity contribution in [2.45, 2.75) is 6.61 Å². The summed E-state index contributed by atoms with van der Waals surface area (Å²) < 4.78 is 9.94. The number of ether oxygens (including phenoxy) is 1. The lowest BCUT2D eigenvalue weighted by atomic mass is 10.2. The molecule has 0 aliphatic carbocycles. The van der Waals surface area contributed by atoms with Gasteiger partial charge in [-0.05, 0) is 12.1 Å². The molecule has 2 aromatic rings. The minimum atomic E-state index is 0.224. The lowest BCUT2D eigenvalue weighted by molar-refractivity contribution is 0.174. The molecule has 2 N–H and O–H groups in total. The van der Waals surface area contributed by atoms with E-state index in [-0.39, 0.29) is 12.5 Å². The Kier molecular flexibility index (Phi) is 3.51. The van der Waals surface area contributed by atoms with Crippen LogP contribution in [0.25, 0.3) is 11.5 Å². The van der Waals surface area contributed by atoms with Crippen molar-refractivity contribution in [2.75, 3.05) is 12.8 Å². The molecule has 0 bridgehead atoms. The SMILES string of the molecule is COCc1noc(-c2c(Cl)ccc(Cl)c2N)n1. The van der Waals surface area contributed by atoms with E-state index in [0.717, 1.165) is 0 Å². The Morgan fingerprint density at radius 2 is 2.06 bits per heavy atom. The van der Waals surface area contributed by atoms with Crippen LogP contribution in [0.2, 0.25) is 10.0 Å². The smallest absolute Gasteiger partial charge is 0.261 e. The van der Waals surface area contributed by atoms with Gasteiger partial charge < -0.3 is 15.0 Å². The molecule has 1 heterocycles. The fraction of sp³-hybridized carbons (Fsp3) is 0.200. The van der Waals surface area contributed by atoms with Crippen LogP contribution in [0, 0.1) is 0 Å². The molecule has 0 atom stereocenters. The third-order valence-electron chi connectivity index (χ3n) is 2.10. The fourth-order valence-electron chi connectivity index (χ4n) is 1.33. The zero-order chi connectivity index (χ0) is 12.4. The minimum Gasteiger partial charge on any atom is -0.397 e. The van der Waals surface area contributed by atoms with E-state index in [1.807, 2.05) is 0 Å². The van der Waals surface area contributed by atoms with Crippen molar-refractivity contribution < 1.29 is 9.26 Å².